The molecule has 0 saturated carbocycles. The molecule has 1 saturated heterocycles. The number of carbonyl (C=O) groups is 1. The number of hydrogen-bond acceptors (Lipinski definition) is 4. The van der Waals surface area contributed by atoms with Gasteiger partial charge in [-0.15, -0.1) is 0 Å². The van der Waals surface area contributed by atoms with Gasteiger partial charge in [-0.25, -0.2) is 0 Å². The van der Waals surface area contributed by atoms with E-state index in [-0.39, 0.29) is 11.6 Å². The van der Waals surface area contributed by atoms with Crippen molar-refractivity contribution in [2.45, 2.75) is 6.18 Å². The van der Waals surface area contributed by atoms with E-state index in [4.69, 9.17) is 0 Å². The Kier molecular flexibility index (Phi) is 5.02. The van der Waals surface area contributed by atoms with E-state index < -0.39 is 22.4 Å². The Morgan fingerprint density at radius 3 is 2.19 bits per heavy atom. The zero-order valence-electron chi connectivity index (χ0n) is 14.1. The number of alkyl halides is 3. The lowest BCUT2D eigenvalue weighted by Gasteiger charge is -2.36. The number of amides is 1. The van der Waals surface area contributed by atoms with E-state index in [1.165, 1.54) is 0 Å². The number of hydrogen-bond donors (Lipinski definition) is 0. The quantitative estimate of drug-likeness (QED) is 0.604. The van der Waals surface area contributed by atoms with Crippen molar-refractivity contribution in [1.82, 2.24) is 4.90 Å². The van der Waals surface area contributed by atoms with Crippen LogP contribution in [0.25, 0.3) is 0 Å². The highest BCUT2D eigenvalue weighted by atomic mass is 19.4. The van der Waals surface area contributed by atoms with Crippen molar-refractivity contribution < 1.29 is 22.9 Å². The van der Waals surface area contributed by atoms with Gasteiger partial charge in [0.1, 0.15) is 5.69 Å². The highest BCUT2D eigenvalue weighted by molar-refractivity contribution is 5.94. The Morgan fingerprint density at radius 1 is 1.00 bits per heavy atom. The van der Waals surface area contributed by atoms with Crippen LogP contribution in [0.3, 0.4) is 0 Å². The summed E-state index contributed by atoms with van der Waals surface area (Å²) < 4.78 is 38.5. The molecule has 1 amide bonds. The van der Waals surface area contributed by atoms with Crippen molar-refractivity contribution in [1.29, 1.82) is 0 Å². The Hall–Kier alpha value is -3.10. The number of benzene rings is 2. The molecule has 1 heterocycles. The zero-order valence-corrected chi connectivity index (χ0v) is 14.1. The minimum Gasteiger partial charge on any atom is -0.362 e. The lowest BCUT2D eigenvalue weighted by molar-refractivity contribution is -0.384. The summed E-state index contributed by atoms with van der Waals surface area (Å²) in [5, 5.41) is 11.2. The summed E-state index contributed by atoms with van der Waals surface area (Å²) in [7, 11) is 0. The third-order valence-corrected chi connectivity index (χ3v) is 4.43. The molecule has 0 aliphatic carbocycles. The molecule has 1 aliphatic rings. The predicted octanol–water partition coefficient (Wildman–Crippen LogP) is 3.58. The van der Waals surface area contributed by atoms with Crippen LogP contribution >= 0.6 is 0 Å². The van der Waals surface area contributed by atoms with Gasteiger partial charge < -0.3 is 9.80 Å². The number of piperazine rings is 1. The number of anilines is 1. The average molecular weight is 379 g/mol. The van der Waals surface area contributed by atoms with E-state index in [9.17, 15) is 28.1 Å². The zero-order chi connectivity index (χ0) is 19.6. The second-order valence-electron chi connectivity index (χ2n) is 6.10. The lowest BCUT2D eigenvalue weighted by Crippen LogP contribution is -2.49. The fraction of sp³-hybridized carbons (Fsp3) is 0.278. The first-order valence-electron chi connectivity index (χ1n) is 8.22. The maximum Gasteiger partial charge on any atom is 0.416 e. The van der Waals surface area contributed by atoms with E-state index in [0.717, 1.165) is 12.1 Å². The SMILES string of the molecule is O=C(c1ccccc1)N1CCN(c2ccc(C(F)(F)F)cc2[N+](=O)[O-])CC1. The van der Waals surface area contributed by atoms with Gasteiger partial charge in [-0.05, 0) is 24.3 Å². The van der Waals surface area contributed by atoms with E-state index in [0.29, 0.717) is 37.8 Å². The minimum absolute atomic E-state index is 0.125. The van der Waals surface area contributed by atoms with Crippen LogP contribution in [0, 0.1) is 10.1 Å². The molecular weight excluding hydrogens is 363 g/mol. The van der Waals surface area contributed by atoms with E-state index in [1.807, 2.05) is 0 Å². The first-order chi connectivity index (χ1) is 12.8. The Balaban J connectivity index is 1.76. The van der Waals surface area contributed by atoms with Gasteiger partial charge in [0, 0.05) is 37.8 Å². The summed E-state index contributed by atoms with van der Waals surface area (Å²) in [6, 6.07) is 11.2. The number of nitro groups is 1. The van der Waals surface area contributed by atoms with Gasteiger partial charge in [0.2, 0.25) is 0 Å². The van der Waals surface area contributed by atoms with Gasteiger partial charge in [0.15, 0.2) is 0 Å². The fourth-order valence-electron chi connectivity index (χ4n) is 3.03. The first kappa shape index (κ1) is 18.7. The van der Waals surface area contributed by atoms with Gasteiger partial charge in [-0.2, -0.15) is 13.2 Å². The third kappa shape index (κ3) is 4.02. The molecule has 3 rings (SSSR count). The molecule has 2 aromatic rings. The summed E-state index contributed by atoms with van der Waals surface area (Å²) in [6.45, 7) is 1.24. The van der Waals surface area contributed by atoms with Gasteiger partial charge in [0.05, 0.1) is 10.5 Å². The summed E-state index contributed by atoms with van der Waals surface area (Å²) in [4.78, 5) is 26.1. The van der Waals surface area contributed by atoms with Crippen molar-refractivity contribution in [3.05, 3.63) is 69.8 Å². The second-order valence-corrected chi connectivity index (χ2v) is 6.10. The van der Waals surface area contributed by atoms with Crippen molar-refractivity contribution in [3.8, 4) is 0 Å². The number of rotatable bonds is 3. The smallest absolute Gasteiger partial charge is 0.362 e. The molecule has 0 atom stereocenters. The Bertz CT molecular complexity index is 848. The monoisotopic (exact) mass is 379 g/mol. The second kappa shape index (κ2) is 7.26. The van der Waals surface area contributed by atoms with Crippen LogP contribution in [0.2, 0.25) is 0 Å². The summed E-state index contributed by atoms with van der Waals surface area (Å²) in [6.07, 6.45) is -4.65. The number of nitrogens with zero attached hydrogens (tertiary/aromatic N) is 3. The van der Waals surface area contributed by atoms with Gasteiger partial charge in [-0.3, -0.25) is 14.9 Å². The van der Waals surface area contributed by atoms with E-state index in [1.54, 1.807) is 40.1 Å². The molecule has 0 unspecified atom stereocenters. The topological polar surface area (TPSA) is 66.7 Å². The summed E-state index contributed by atoms with van der Waals surface area (Å²) >= 11 is 0. The van der Waals surface area contributed by atoms with Crippen LogP contribution in [0.1, 0.15) is 15.9 Å². The lowest BCUT2D eigenvalue weighted by atomic mass is 10.1. The van der Waals surface area contributed by atoms with Gasteiger partial charge in [-0.1, -0.05) is 18.2 Å². The minimum atomic E-state index is -4.65. The number of halogens is 3. The molecule has 0 aromatic heterocycles. The first-order valence-corrected chi connectivity index (χ1v) is 8.22. The molecule has 6 nitrogen and oxygen atoms in total. The number of nitro benzene ring substituents is 1. The molecule has 9 heteroatoms. The molecule has 1 aliphatic heterocycles. The van der Waals surface area contributed by atoms with Crippen LogP contribution in [0.4, 0.5) is 24.5 Å². The molecule has 2 aromatic carbocycles. The summed E-state index contributed by atoms with van der Waals surface area (Å²) in [5.41, 5.74) is -0.977. The molecule has 27 heavy (non-hydrogen) atoms. The van der Waals surface area contributed by atoms with Crippen molar-refractivity contribution in [2.75, 3.05) is 31.1 Å². The largest absolute Gasteiger partial charge is 0.416 e. The average Bonchev–Trinajstić information content (AvgIpc) is 2.67. The van der Waals surface area contributed by atoms with Crippen molar-refractivity contribution in [2.24, 2.45) is 0 Å². The number of carbonyl (C=O) groups excluding carboxylic acids is 1. The van der Waals surface area contributed by atoms with Crippen molar-refractivity contribution in [3.63, 3.8) is 0 Å². The van der Waals surface area contributed by atoms with E-state index in [2.05, 4.69) is 0 Å². The summed E-state index contributed by atoms with van der Waals surface area (Å²) in [5.74, 6) is -0.142. The highest BCUT2D eigenvalue weighted by Gasteiger charge is 2.34. The van der Waals surface area contributed by atoms with Crippen LogP contribution < -0.4 is 4.90 Å². The Labute approximate surface area is 153 Å². The fourth-order valence-corrected chi connectivity index (χ4v) is 3.03. The predicted molar refractivity (Wildman–Crippen MR) is 92.7 cm³/mol. The molecule has 1 fully saturated rings. The van der Waals surface area contributed by atoms with Crippen LogP contribution in [0.5, 0.6) is 0 Å². The molecule has 0 N–H and O–H groups in total. The Morgan fingerprint density at radius 2 is 1.63 bits per heavy atom. The normalized spacial score (nSPS) is 14.9. The van der Waals surface area contributed by atoms with Gasteiger partial charge >= 0.3 is 6.18 Å². The van der Waals surface area contributed by atoms with Crippen LogP contribution in [-0.2, 0) is 6.18 Å². The van der Waals surface area contributed by atoms with E-state index >= 15 is 0 Å². The highest BCUT2D eigenvalue weighted by Crippen LogP contribution is 2.36. The standard InChI is InChI=1S/C18H16F3N3O3/c19-18(20,21)14-6-7-15(16(12-14)24(26)27)22-8-10-23(11-9-22)17(25)13-4-2-1-3-5-13/h1-7,12H,8-11H2. The van der Waals surface area contributed by atoms with Crippen LogP contribution in [0.15, 0.2) is 48.5 Å². The van der Waals surface area contributed by atoms with Crippen LogP contribution in [-0.4, -0.2) is 41.9 Å². The van der Waals surface area contributed by atoms with Gasteiger partial charge in [0.25, 0.3) is 11.6 Å². The maximum absolute atomic E-state index is 12.8. The molecule has 0 radical (unpaired) electrons. The molecular formula is C18H16F3N3O3. The van der Waals surface area contributed by atoms with Crippen molar-refractivity contribution >= 4 is 17.3 Å². The molecule has 0 spiro atoms. The maximum atomic E-state index is 12.8. The molecule has 0 bridgehead atoms. The third-order valence-electron chi connectivity index (χ3n) is 4.43. The molecule has 142 valence electrons.